The number of nitrogens with one attached hydrogen (secondary N) is 1. The first-order chi connectivity index (χ1) is 11.1. The van der Waals surface area contributed by atoms with Crippen LogP contribution in [0.1, 0.15) is 4.88 Å². The zero-order chi connectivity index (χ0) is 16.0. The number of benzene rings is 1. The molecule has 6 nitrogen and oxygen atoms in total. The van der Waals surface area contributed by atoms with E-state index in [1.807, 2.05) is 25.1 Å². The summed E-state index contributed by atoms with van der Waals surface area (Å²) in [4.78, 5) is 24.1. The summed E-state index contributed by atoms with van der Waals surface area (Å²) in [5, 5.41) is 4.30. The van der Waals surface area contributed by atoms with Crippen LogP contribution in [0.15, 0.2) is 30.6 Å². The lowest BCUT2D eigenvalue weighted by Crippen LogP contribution is -2.35. The highest BCUT2D eigenvalue weighted by atomic mass is 32.1. The molecule has 0 unspecified atom stereocenters. The fourth-order valence-corrected chi connectivity index (χ4v) is 3.41. The second-order valence-electron chi connectivity index (χ2n) is 5.35. The van der Waals surface area contributed by atoms with Crippen molar-refractivity contribution in [3.63, 3.8) is 0 Å². The molecule has 3 heterocycles. The Morgan fingerprint density at radius 3 is 3.04 bits per heavy atom. The Bertz CT molecular complexity index is 922. The molecule has 0 spiro atoms. The molecule has 4 rings (SSSR count). The Balaban J connectivity index is 1.73. The van der Waals surface area contributed by atoms with Crippen molar-refractivity contribution in [3.05, 3.63) is 35.5 Å². The Morgan fingerprint density at radius 2 is 2.17 bits per heavy atom. The molecule has 7 heteroatoms. The van der Waals surface area contributed by atoms with E-state index >= 15 is 0 Å². The summed E-state index contributed by atoms with van der Waals surface area (Å²) in [5.41, 5.74) is 1.59. The summed E-state index contributed by atoms with van der Waals surface area (Å²) in [6, 6.07) is 7.73. The zero-order valence-electron chi connectivity index (χ0n) is 12.7. The number of carbonyl (C=O) groups is 1. The van der Waals surface area contributed by atoms with Gasteiger partial charge in [0.15, 0.2) is 6.61 Å². The minimum atomic E-state index is -0.0625. The molecule has 0 bridgehead atoms. The van der Waals surface area contributed by atoms with Gasteiger partial charge in [0.25, 0.3) is 5.91 Å². The van der Waals surface area contributed by atoms with Gasteiger partial charge < -0.3 is 15.0 Å². The van der Waals surface area contributed by atoms with E-state index in [1.165, 1.54) is 4.88 Å². The number of nitrogens with zero attached hydrogens (tertiary/aromatic N) is 3. The lowest BCUT2D eigenvalue weighted by molar-refractivity contribution is -0.120. The number of aryl methyl sites for hydroxylation is 1. The number of hydrogen-bond donors (Lipinski definition) is 1. The second-order valence-corrected chi connectivity index (χ2v) is 6.58. The van der Waals surface area contributed by atoms with Crippen LogP contribution >= 0.6 is 11.3 Å². The van der Waals surface area contributed by atoms with E-state index in [9.17, 15) is 4.79 Å². The van der Waals surface area contributed by atoms with Crippen molar-refractivity contribution in [2.75, 3.05) is 23.9 Å². The first kappa shape index (κ1) is 14.0. The Kier molecular flexibility index (Phi) is 3.16. The standard InChI is InChI=1S/C16H14N4O2S/c1-9-5-11-15(17-8-18-16(11)23-9)19-10-3-4-13-12(6-10)20(2)14(21)7-22-13/h3-6,8H,7H2,1-2H3,(H,17,18,19). The number of amides is 1. The van der Waals surface area contributed by atoms with Gasteiger partial charge >= 0.3 is 0 Å². The van der Waals surface area contributed by atoms with Crippen LogP contribution in [-0.4, -0.2) is 29.5 Å². The summed E-state index contributed by atoms with van der Waals surface area (Å²) < 4.78 is 5.44. The summed E-state index contributed by atoms with van der Waals surface area (Å²) in [6.45, 7) is 2.13. The van der Waals surface area contributed by atoms with Crippen molar-refractivity contribution in [1.29, 1.82) is 0 Å². The highest BCUT2D eigenvalue weighted by Gasteiger charge is 2.22. The molecule has 0 saturated heterocycles. The smallest absolute Gasteiger partial charge is 0.264 e. The first-order valence-electron chi connectivity index (χ1n) is 7.13. The van der Waals surface area contributed by atoms with Gasteiger partial charge in [-0.25, -0.2) is 9.97 Å². The van der Waals surface area contributed by atoms with Gasteiger partial charge in [-0.3, -0.25) is 4.79 Å². The van der Waals surface area contributed by atoms with Crippen LogP contribution in [0.2, 0.25) is 0 Å². The van der Waals surface area contributed by atoms with Gasteiger partial charge in [0.2, 0.25) is 0 Å². The van der Waals surface area contributed by atoms with Gasteiger partial charge in [-0.2, -0.15) is 0 Å². The average Bonchev–Trinajstić information content (AvgIpc) is 2.93. The van der Waals surface area contributed by atoms with Gasteiger partial charge in [0.05, 0.1) is 11.1 Å². The number of anilines is 3. The molecule has 0 radical (unpaired) electrons. The minimum Gasteiger partial charge on any atom is -0.482 e. The monoisotopic (exact) mass is 326 g/mol. The second kappa shape index (κ2) is 5.20. The molecule has 0 atom stereocenters. The van der Waals surface area contributed by atoms with Gasteiger partial charge in [-0.15, -0.1) is 11.3 Å². The molecule has 2 aromatic heterocycles. The highest BCUT2D eigenvalue weighted by Crippen LogP contribution is 2.35. The normalized spacial score (nSPS) is 13.8. The molecule has 0 saturated carbocycles. The molecule has 1 aliphatic heterocycles. The highest BCUT2D eigenvalue weighted by molar-refractivity contribution is 7.18. The van der Waals surface area contributed by atoms with Crippen LogP contribution < -0.4 is 15.0 Å². The maximum absolute atomic E-state index is 11.8. The molecule has 0 aliphatic carbocycles. The zero-order valence-corrected chi connectivity index (χ0v) is 13.5. The largest absolute Gasteiger partial charge is 0.482 e. The number of fused-ring (bicyclic) bond motifs is 2. The van der Waals surface area contributed by atoms with Crippen molar-refractivity contribution in [2.24, 2.45) is 0 Å². The SMILES string of the molecule is Cc1cc2c(Nc3ccc4c(c3)N(C)C(=O)CO4)ncnc2s1. The number of thiophene rings is 1. The Morgan fingerprint density at radius 1 is 1.30 bits per heavy atom. The molecule has 1 aliphatic rings. The summed E-state index contributed by atoms with van der Waals surface area (Å²) in [5.74, 6) is 1.40. The quantitative estimate of drug-likeness (QED) is 0.784. The van der Waals surface area contributed by atoms with E-state index in [1.54, 1.807) is 29.6 Å². The van der Waals surface area contributed by atoms with E-state index in [2.05, 4.69) is 21.4 Å². The fourth-order valence-electron chi connectivity index (χ4n) is 2.56. The third kappa shape index (κ3) is 2.39. The predicted octanol–water partition coefficient (Wildman–Crippen LogP) is 3.10. The van der Waals surface area contributed by atoms with Crippen molar-refractivity contribution < 1.29 is 9.53 Å². The molecule has 23 heavy (non-hydrogen) atoms. The minimum absolute atomic E-state index is 0.0625. The third-order valence-electron chi connectivity index (χ3n) is 3.76. The molecule has 1 N–H and O–H groups in total. The topological polar surface area (TPSA) is 67.4 Å². The average molecular weight is 326 g/mol. The third-order valence-corrected chi connectivity index (χ3v) is 4.72. The maximum Gasteiger partial charge on any atom is 0.264 e. The van der Waals surface area contributed by atoms with Crippen LogP contribution in [-0.2, 0) is 4.79 Å². The van der Waals surface area contributed by atoms with Crippen molar-refractivity contribution >= 4 is 44.7 Å². The van der Waals surface area contributed by atoms with E-state index in [4.69, 9.17) is 4.74 Å². The van der Waals surface area contributed by atoms with Crippen molar-refractivity contribution in [1.82, 2.24) is 9.97 Å². The number of carbonyl (C=O) groups excluding carboxylic acids is 1. The summed E-state index contributed by atoms with van der Waals surface area (Å²) >= 11 is 1.64. The molecule has 1 aromatic carbocycles. The lowest BCUT2D eigenvalue weighted by atomic mass is 10.2. The number of ether oxygens (including phenoxy) is 1. The van der Waals surface area contributed by atoms with E-state index in [0.29, 0.717) is 5.75 Å². The van der Waals surface area contributed by atoms with Crippen LogP contribution in [0, 0.1) is 6.92 Å². The molecular formula is C16H14N4O2S. The van der Waals surface area contributed by atoms with Crippen molar-refractivity contribution in [2.45, 2.75) is 6.92 Å². The molecule has 116 valence electrons. The van der Waals surface area contributed by atoms with Crippen LogP contribution in [0.4, 0.5) is 17.2 Å². The summed E-state index contributed by atoms with van der Waals surface area (Å²) in [6.07, 6.45) is 1.55. The number of aromatic nitrogens is 2. The number of likely N-dealkylation sites (N-methyl/N-ethyl adjacent to an activating group) is 1. The Labute approximate surface area is 136 Å². The molecule has 1 amide bonds. The number of hydrogen-bond acceptors (Lipinski definition) is 6. The molecule has 3 aromatic rings. The van der Waals surface area contributed by atoms with E-state index in [0.717, 1.165) is 27.4 Å². The van der Waals surface area contributed by atoms with Gasteiger partial charge in [-0.1, -0.05) is 0 Å². The lowest BCUT2D eigenvalue weighted by Gasteiger charge is -2.26. The maximum atomic E-state index is 11.8. The molecule has 0 fully saturated rings. The fraction of sp³-hybridized carbons (Fsp3) is 0.188. The van der Waals surface area contributed by atoms with Gasteiger partial charge in [0.1, 0.15) is 22.7 Å². The van der Waals surface area contributed by atoms with Gasteiger partial charge in [0, 0.05) is 17.6 Å². The molecular weight excluding hydrogens is 312 g/mol. The van der Waals surface area contributed by atoms with Crippen LogP contribution in [0.3, 0.4) is 0 Å². The predicted molar refractivity (Wildman–Crippen MR) is 90.8 cm³/mol. The number of rotatable bonds is 2. The van der Waals surface area contributed by atoms with Crippen LogP contribution in [0.5, 0.6) is 5.75 Å². The van der Waals surface area contributed by atoms with Crippen molar-refractivity contribution in [3.8, 4) is 5.75 Å². The first-order valence-corrected chi connectivity index (χ1v) is 7.95. The summed E-state index contributed by atoms with van der Waals surface area (Å²) in [7, 11) is 1.75. The van der Waals surface area contributed by atoms with Gasteiger partial charge in [-0.05, 0) is 31.2 Å². The van der Waals surface area contributed by atoms with E-state index in [-0.39, 0.29) is 12.5 Å². The van der Waals surface area contributed by atoms with Crippen LogP contribution in [0.25, 0.3) is 10.2 Å². The van der Waals surface area contributed by atoms with E-state index < -0.39 is 0 Å². The Hall–Kier alpha value is -2.67.